The summed E-state index contributed by atoms with van der Waals surface area (Å²) < 4.78 is 6.99. The molecule has 0 aromatic heterocycles. The van der Waals surface area contributed by atoms with E-state index in [1.165, 1.54) is 5.56 Å². The van der Waals surface area contributed by atoms with Crippen molar-refractivity contribution in [1.82, 2.24) is 0 Å². The Hall–Kier alpha value is -3.38. The molecule has 2 amide bonds. The number of benzene rings is 3. The van der Waals surface area contributed by atoms with Crippen LogP contribution in [0, 0.1) is 0 Å². The van der Waals surface area contributed by atoms with Crippen molar-refractivity contribution < 1.29 is 14.3 Å². The van der Waals surface area contributed by atoms with Crippen LogP contribution in [0.1, 0.15) is 42.5 Å². The Morgan fingerprint density at radius 3 is 2.59 bits per heavy atom. The largest absolute Gasteiger partial charge is 0.488 e. The molecule has 3 aliphatic heterocycles. The molecule has 34 heavy (non-hydrogen) atoms. The molecule has 3 heterocycles. The van der Waals surface area contributed by atoms with E-state index < -0.39 is 0 Å². The standard InChI is InChI=1S/C20H18BrNO2.C8H7NO/c1-20(2)8-7-13-9-12(3-6-18(13)24-20)10-16-15-11-14(21)4-5-17(15)22-19(16)23;10-8-5-6-3-1-2-4-7(6)9-8/h3-6,9-11H,7-8H2,1-2H3,(H,22,23);1-4H,5H2,(H,9,10). The molecule has 0 saturated heterocycles. The summed E-state index contributed by atoms with van der Waals surface area (Å²) in [5, 5.41) is 5.67. The summed E-state index contributed by atoms with van der Waals surface area (Å²) in [5.41, 5.74) is 6.68. The highest BCUT2D eigenvalue weighted by atomic mass is 79.9. The van der Waals surface area contributed by atoms with E-state index in [9.17, 15) is 9.59 Å². The van der Waals surface area contributed by atoms with Crippen molar-refractivity contribution in [3.63, 3.8) is 0 Å². The van der Waals surface area contributed by atoms with E-state index in [2.05, 4.69) is 46.5 Å². The number of aryl methyl sites for hydroxylation is 1. The second-order valence-corrected chi connectivity index (χ2v) is 10.2. The van der Waals surface area contributed by atoms with Crippen molar-refractivity contribution in [1.29, 1.82) is 0 Å². The molecule has 0 saturated carbocycles. The van der Waals surface area contributed by atoms with Crippen LogP contribution in [0.2, 0.25) is 0 Å². The zero-order valence-corrected chi connectivity index (χ0v) is 20.7. The lowest BCUT2D eigenvalue weighted by Gasteiger charge is -2.32. The monoisotopic (exact) mass is 516 g/mol. The first-order chi connectivity index (χ1) is 16.3. The molecule has 0 atom stereocenters. The average Bonchev–Trinajstić information content (AvgIpc) is 3.32. The third-order valence-corrected chi connectivity index (χ3v) is 6.68. The second-order valence-electron chi connectivity index (χ2n) is 9.31. The summed E-state index contributed by atoms with van der Waals surface area (Å²) in [6.07, 6.45) is 4.48. The van der Waals surface area contributed by atoms with Gasteiger partial charge >= 0.3 is 0 Å². The van der Waals surface area contributed by atoms with Gasteiger partial charge in [0.05, 0.1) is 6.42 Å². The Bertz CT molecular complexity index is 1320. The number of halogens is 1. The lowest BCUT2D eigenvalue weighted by Crippen LogP contribution is -2.32. The van der Waals surface area contributed by atoms with Gasteiger partial charge in [-0.25, -0.2) is 0 Å². The van der Waals surface area contributed by atoms with Gasteiger partial charge in [-0.3, -0.25) is 9.59 Å². The van der Waals surface area contributed by atoms with Crippen molar-refractivity contribution in [3.05, 3.63) is 87.4 Å². The van der Waals surface area contributed by atoms with Crippen LogP contribution in [0.25, 0.3) is 11.6 Å². The third-order valence-electron chi connectivity index (χ3n) is 6.19. The summed E-state index contributed by atoms with van der Waals surface area (Å²) in [5.74, 6) is 0.992. The highest BCUT2D eigenvalue weighted by Crippen LogP contribution is 2.37. The fourth-order valence-electron chi connectivity index (χ4n) is 4.40. The van der Waals surface area contributed by atoms with Crippen LogP contribution < -0.4 is 15.4 Å². The van der Waals surface area contributed by atoms with Crippen LogP contribution in [-0.4, -0.2) is 17.4 Å². The van der Waals surface area contributed by atoms with Gasteiger partial charge in [0.15, 0.2) is 0 Å². The number of hydrogen-bond donors (Lipinski definition) is 2. The molecule has 0 spiro atoms. The number of fused-ring (bicyclic) bond motifs is 3. The number of hydrogen-bond acceptors (Lipinski definition) is 3. The molecule has 6 heteroatoms. The van der Waals surface area contributed by atoms with E-state index in [0.717, 1.165) is 51.1 Å². The topological polar surface area (TPSA) is 67.4 Å². The normalized spacial score (nSPS) is 18.0. The number of ether oxygens (including phenoxy) is 1. The first kappa shape index (κ1) is 22.4. The maximum absolute atomic E-state index is 12.3. The third kappa shape index (κ3) is 4.64. The molecular formula is C28H25BrN2O3. The van der Waals surface area contributed by atoms with Gasteiger partial charge in [0.2, 0.25) is 5.91 Å². The summed E-state index contributed by atoms with van der Waals surface area (Å²) in [6, 6.07) is 19.7. The number of amides is 2. The fourth-order valence-corrected chi connectivity index (χ4v) is 4.76. The quantitative estimate of drug-likeness (QED) is 0.377. The molecule has 0 unspecified atom stereocenters. The lowest BCUT2D eigenvalue weighted by atomic mass is 9.93. The summed E-state index contributed by atoms with van der Waals surface area (Å²) >= 11 is 3.47. The maximum Gasteiger partial charge on any atom is 0.256 e. The average molecular weight is 517 g/mol. The fraction of sp³-hybridized carbons (Fsp3) is 0.214. The van der Waals surface area contributed by atoms with Gasteiger partial charge in [-0.05, 0) is 85.9 Å². The molecule has 0 radical (unpaired) electrons. The van der Waals surface area contributed by atoms with E-state index >= 15 is 0 Å². The Kier molecular flexibility index (Phi) is 5.78. The second kappa shape index (κ2) is 8.76. The van der Waals surface area contributed by atoms with Crippen molar-refractivity contribution >= 4 is 50.8 Å². The summed E-state index contributed by atoms with van der Waals surface area (Å²) in [7, 11) is 0. The van der Waals surface area contributed by atoms with Crippen molar-refractivity contribution in [2.75, 3.05) is 10.6 Å². The van der Waals surface area contributed by atoms with Gasteiger partial charge in [0, 0.05) is 27.0 Å². The molecular weight excluding hydrogens is 492 g/mol. The van der Waals surface area contributed by atoms with Gasteiger partial charge in [0.1, 0.15) is 11.4 Å². The number of rotatable bonds is 1. The number of nitrogens with one attached hydrogen (secondary N) is 2. The van der Waals surface area contributed by atoms with E-state index in [-0.39, 0.29) is 17.4 Å². The van der Waals surface area contributed by atoms with Crippen molar-refractivity contribution in [2.24, 2.45) is 0 Å². The molecule has 6 rings (SSSR count). The Labute approximate surface area is 207 Å². The molecule has 0 aliphatic carbocycles. The Balaban J connectivity index is 0.000000200. The SMILES string of the molecule is CC1(C)CCc2cc(C=C3C(=O)Nc4ccc(Br)cc43)ccc2O1.O=C1Cc2ccccc2N1. The molecule has 0 fully saturated rings. The van der Waals surface area contributed by atoms with E-state index in [4.69, 9.17) is 4.74 Å². The summed E-state index contributed by atoms with van der Waals surface area (Å²) in [6.45, 7) is 4.23. The first-order valence-corrected chi connectivity index (χ1v) is 12.1. The minimum absolute atomic E-state index is 0.0572. The number of anilines is 2. The molecule has 0 bridgehead atoms. The van der Waals surface area contributed by atoms with Crippen LogP contribution >= 0.6 is 15.9 Å². The maximum atomic E-state index is 12.3. The van der Waals surface area contributed by atoms with E-state index in [0.29, 0.717) is 12.0 Å². The summed E-state index contributed by atoms with van der Waals surface area (Å²) in [4.78, 5) is 23.1. The number of carbonyl (C=O) groups excluding carboxylic acids is 2. The van der Waals surface area contributed by atoms with E-state index in [1.807, 2.05) is 60.7 Å². The highest BCUT2D eigenvalue weighted by molar-refractivity contribution is 9.10. The smallest absolute Gasteiger partial charge is 0.256 e. The van der Waals surface area contributed by atoms with Crippen LogP contribution in [0.4, 0.5) is 11.4 Å². The minimum Gasteiger partial charge on any atom is -0.488 e. The van der Waals surface area contributed by atoms with Gasteiger partial charge in [-0.1, -0.05) is 40.2 Å². The predicted octanol–water partition coefficient (Wildman–Crippen LogP) is 6.23. The Morgan fingerprint density at radius 2 is 1.76 bits per heavy atom. The minimum atomic E-state index is -0.108. The molecule has 2 N–H and O–H groups in total. The Morgan fingerprint density at radius 1 is 0.941 bits per heavy atom. The molecule has 172 valence electrons. The van der Waals surface area contributed by atoms with Crippen molar-refractivity contribution in [2.45, 2.75) is 38.7 Å². The van der Waals surface area contributed by atoms with Gasteiger partial charge in [-0.2, -0.15) is 0 Å². The van der Waals surface area contributed by atoms with Crippen LogP contribution in [0.15, 0.2) is 65.1 Å². The first-order valence-electron chi connectivity index (χ1n) is 11.3. The van der Waals surface area contributed by atoms with Gasteiger partial charge in [-0.15, -0.1) is 0 Å². The highest BCUT2D eigenvalue weighted by Gasteiger charge is 2.27. The van der Waals surface area contributed by atoms with Gasteiger partial charge in [0.25, 0.3) is 5.91 Å². The van der Waals surface area contributed by atoms with Crippen LogP contribution in [-0.2, 0) is 22.4 Å². The number of carbonyl (C=O) groups is 2. The predicted molar refractivity (Wildman–Crippen MR) is 139 cm³/mol. The lowest BCUT2D eigenvalue weighted by molar-refractivity contribution is -0.115. The van der Waals surface area contributed by atoms with Crippen molar-refractivity contribution in [3.8, 4) is 5.75 Å². The van der Waals surface area contributed by atoms with Crippen LogP contribution in [0.5, 0.6) is 5.75 Å². The zero-order chi connectivity index (χ0) is 23.9. The van der Waals surface area contributed by atoms with E-state index in [1.54, 1.807) is 0 Å². The number of para-hydroxylation sites is 1. The molecule has 3 aromatic rings. The van der Waals surface area contributed by atoms with Crippen LogP contribution in [0.3, 0.4) is 0 Å². The van der Waals surface area contributed by atoms with Gasteiger partial charge < -0.3 is 15.4 Å². The zero-order valence-electron chi connectivity index (χ0n) is 19.1. The molecule has 5 nitrogen and oxygen atoms in total. The molecule has 3 aliphatic rings. The molecule has 3 aromatic carbocycles.